The van der Waals surface area contributed by atoms with Crippen LogP contribution in [0.2, 0.25) is 0 Å². The Kier molecular flexibility index (Phi) is 6.19. The van der Waals surface area contributed by atoms with E-state index in [1.807, 2.05) is 42.2 Å². The van der Waals surface area contributed by atoms with Crippen molar-refractivity contribution >= 4 is 11.7 Å². The van der Waals surface area contributed by atoms with Gasteiger partial charge in [-0.05, 0) is 42.3 Å². The predicted molar refractivity (Wildman–Crippen MR) is 107 cm³/mol. The summed E-state index contributed by atoms with van der Waals surface area (Å²) in [7, 11) is 3.28. The first-order valence-corrected chi connectivity index (χ1v) is 9.15. The lowest BCUT2D eigenvalue weighted by Gasteiger charge is -2.34. The molecule has 6 nitrogen and oxygen atoms in total. The Balaban J connectivity index is 1.52. The summed E-state index contributed by atoms with van der Waals surface area (Å²) in [5, 5.41) is 2.98. The third kappa shape index (κ3) is 4.92. The second-order valence-corrected chi connectivity index (χ2v) is 6.75. The Labute approximate surface area is 160 Å². The molecule has 1 aliphatic heterocycles. The molecule has 0 aromatic heterocycles. The summed E-state index contributed by atoms with van der Waals surface area (Å²) in [6.45, 7) is 5.99. The highest BCUT2D eigenvalue weighted by atomic mass is 16.5. The van der Waals surface area contributed by atoms with Gasteiger partial charge in [0.1, 0.15) is 11.5 Å². The first-order valence-electron chi connectivity index (χ1n) is 9.15. The van der Waals surface area contributed by atoms with Gasteiger partial charge in [0.15, 0.2) is 0 Å². The van der Waals surface area contributed by atoms with Crippen molar-refractivity contribution in [3.8, 4) is 11.5 Å². The fourth-order valence-electron chi connectivity index (χ4n) is 3.21. The molecule has 2 amide bonds. The number of hydrogen-bond donors (Lipinski definition) is 1. The molecule has 27 heavy (non-hydrogen) atoms. The largest absolute Gasteiger partial charge is 0.497 e. The molecule has 1 heterocycles. The van der Waals surface area contributed by atoms with Crippen LogP contribution in [0, 0.1) is 6.92 Å². The fourth-order valence-corrected chi connectivity index (χ4v) is 3.21. The zero-order valence-electron chi connectivity index (χ0n) is 16.2. The number of carbonyl (C=O) groups excluding carboxylic acids is 1. The van der Waals surface area contributed by atoms with E-state index in [0.717, 1.165) is 30.9 Å². The molecule has 1 aliphatic rings. The van der Waals surface area contributed by atoms with Crippen LogP contribution in [-0.4, -0.2) is 56.2 Å². The smallest absolute Gasteiger partial charge is 0.322 e. The Morgan fingerprint density at radius 1 is 1.00 bits per heavy atom. The first-order chi connectivity index (χ1) is 13.1. The molecule has 6 heteroatoms. The van der Waals surface area contributed by atoms with E-state index in [0.29, 0.717) is 24.5 Å². The summed E-state index contributed by atoms with van der Waals surface area (Å²) < 4.78 is 10.5. The summed E-state index contributed by atoms with van der Waals surface area (Å²) >= 11 is 0. The van der Waals surface area contributed by atoms with Crippen LogP contribution in [0.25, 0.3) is 0 Å². The van der Waals surface area contributed by atoms with Crippen molar-refractivity contribution in [1.82, 2.24) is 9.80 Å². The monoisotopic (exact) mass is 369 g/mol. The number of nitrogens with one attached hydrogen (secondary N) is 1. The van der Waals surface area contributed by atoms with Gasteiger partial charge >= 0.3 is 6.03 Å². The third-order valence-corrected chi connectivity index (χ3v) is 4.82. The van der Waals surface area contributed by atoms with Crippen LogP contribution >= 0.6 is 0 Å². The number of benzene rings is 2. The molecule has 2 aromatic rings. The van der Waals surface area contributed by atoms with Crippen LogP contribution in [0.3, 0.4) is 0 Å². The number of rotatable bonds is 5. The molecule has 144 valence electrons. The standard InChI is InChI=1S/C21H27N3O3/c1-16-4-9-20(27-3)19(14-16)22-21(25)24-12-10-23(11-13-24)15-17-5-7-18(26-2)8-6-17/h4-9,14H,10-13,15H2,1-3H3,(H,22,25). The zero-order valence-corrected chi connectivity index (χ0v) is 16.2. The van der Waals surface area contributed by atoms with Crippen LogP contribution < -0.4 is 14.8 Å². The van der Waals surface area contributed by atoms with Crippen molar-refractivity contribution in [2.75, 3.05) is 45.7 Å². The van der Waals surface area contributed by atoms with E-state index < -0.39 is 0 Å². The zero-order chi connectivity index (χ0) is 19.2. The highest BCUT2D eigenvalue weighted by molar-refractivity contribution is 5.91. The molecule has 1 N–H and O–H groups in total. The second kappa shape index (κ2) is 8.77. The van der Waals surface area contributed by atoms with E-state index in [-0.39, 0.29) is 6.03 Å². The lowest BCUT2D eigenvalue weighted by atomic mass is 10.2. The Morgan fingerprint density at radius 3 is 2.33 bits per heavy atom. The maximum atomic E-state index is 12.6. The van der Waals surface area contributed by atoms with Crippen molar-refractivity contribution in [3.05, 3.63) is 53.6 Å². The Morgan fingerprint density at radius 2 is 1.70 bits per heavy atom. The fraction of sp³-hybridized carbons (Fsp3) is 0.381. The number of anilines is 1. The number of hydrogen-bond acceptors (Lipinski definition) is 4. The average Bonchev–Trinajstić information content (AvgIpc) is 2.69. The number of carbonyl (C=O) groups is 1. The van der Waals surface area contributed by atoms with Crippen LogP contribution in [0.5, 0.6) is 11.5 Å². The molecule has 2 aromatic carbocycles. The van der Waals surface area contributed by atoms with Gasteiger partial charge in [-0.15, -0.1) is 0 Å². The van der Waals surface area contributed by atoms with Crippen molar-refractivity contribution in [2.45, 2.75) is 13.5 Å². The first kappa shape index (κ1) is 19.0. The van der Waals surface area contributed by atoms with Crippen molar-refractivity contribution < 1.29 is 14.3 Å². The maximum absolute atomic E-state index is 12.6. The van der Waals surface area contributed by atoms with Gasteiger partial charge in [0.25, 0.3) is 0 Å². The number of urea groups is 1. The van der Waals surface area contributed by atoms with E-state index >= 15 is 0 Å². The SMILES string of the molecule is COc1ccc(CN2CCN(C(=O)Nc3cc(C)ccc3OC)CC2)cc1. The second-order valence-electron chi connectivity index (χ2n) is 6.75. The van der Waals surface area contributed by atoms with Gasteiger partial charge in [-0.2, -0.15) is 0 Å². The number of piperazine rings is 1. The van der Waals surface area contributed by atoms with Crippen LogP contribution in [0.15, 0.2) is 42.5 Å². The Bertz CT molecular complexity index is 769. The summed E-state index contributed by atoms with van der Waals surface area (Å²) in [5.74, 6) is 1.54. The summed E-state index contributed by atoms with van der Waals surface area (Å²) in [6, 6.07) is 13.8. The molecule has 1 saturated heterocycles. The normalized spacial score (nSPS) is 14.7. The van der Waals surface area contributed by atoms with Crippen LogP contribution in [-0.2, 0) is 6.54 Å². The van der Waals surface area contributed by atoms with Gasteiger partial charge < -0.3 is 19.7 Å². The summed E-state index contributed by atoms with van der Waals surface area (Å²) in [6.07, 6.45) is 0. The molecular formula is C21H27N3O3. The summed E-state index contributed by atoms with van der Waals surface area (Å²) in [4.78, 5) is 16.8. The molecule has 0 aliphatic carbocycles. The van der Waals surface area contributed by atoms with E-state index in [4.69, 9.17) is 9.47 Å². The minimum Gasteiger partial charge on any atom is -0.497 e. The highest BCUT2D eigenvalue weighted by Gasteiger charge is 2.22. The maximum Gasteiger partial charge on any atom is 0.322 e. The number of amides is 2. The molecule has 0 radical (unpaired) electrons. The highest BCUT2D eigenvalue weighted by Crippen LogP contribution is 2.25. The number of methoxy groups -OCH3 is 2. The van der Waals surface area contributed by atoms with Gasteiger partial charge in [-0.3, -0.25) is 4.90 Å². The molecular weight excluding hydrogens is 342 g/mol. The van der Waals surface area contributed by atoms with E-state index in [2.05, 4.69) is 22.3 Å². The van der Waals surface area contributed by atoms with Crippen molar-refractivity contribution in [3.63, 3.8) is 0 Å². The lowest BCUT2D eigenvalue weighted by molar-refractivity contribution is 0.143. The van der Waals surface area contributed by atoms with Crippen molar-refractivity contribution in [2.24, 2.45) is 0 Å². The van der Waals surface area contributed by atoms with Gasteiger partial charge in [0, 0.05) is 32.7 Å². The Hall–Kier alpha value is -2.73. The van der Waals surface area contributed by atoms with Gasteiger partial charge in [-0.25, -0.2) is 4.79 Å². The van der Waals surface area contributed by atoms with E-state index in [1.54, 1.807) is 14.2 Å². The minimum atomic E-state index is -0.0806. The van der Waals surface area contributed by atoms with Gasteiger partial charge in [0.2, 0.25) is 0 Å². The summed E-state index contributed by atoms with van der Waals surface area (Å²) in [5.41, 5.74) is 3.04. The van der Waals surface area contributed by atoms with E-state index in [9.17, 15) is 4.79 Å². The molecule has 1 fully saturated rings. The molecule has 0 spiro atoms. The topological polar surface area (TPSA) is 54.0 Å². The van der Waals surface area contributed by atoms with Gasteiger partial charge in [-0.1, -0.05) is 18.2 Å². The third-order valence-electron chi connectivity index (χ3n) is 4.82. The minimum absolute atomic E-state index is 0.0806. The number of nitrogens with zero attached hydrogens (tertiary/aromatic N) is 2. The lowest BCUT2D eigenvalue weighted by Crippen LogP contribution is -2.49. The molecule has 0 bridgehead atoms. The number of ether oxygens (including phenoxy) is 2. The number of aryl methyl sites for hydroxylation is 1. The quantitative estimate of drug-likeness (QED) is 0.878. The molecule has 3 rings (SSSR count). The molecule has 0 unspecified atom stereocenters. The van der Waals surface area contributed by atoms with Crippen LogP contribution in [0.4, 0.5) is 10.5 Å². The van der Waals surface area contributed by atoms with Crippen LogP contribution in [0.1, 0.15) is 11.1 Å². The predicted octanol–water partition coefficient (Wildman–Crippen LogP) is 3.36. The van der Waals surface area contributed by atoms with E-state index in [1.165, 1.54) is 5.56 Å². The van der Waals surface area contributed by atoms with Crippen molar-refractivity contribution in [1.29, 1.82) is 0 Å². The average molecular weight is 369 g/mol. The molecule has 0 saturated carbocycles. The van der Waals surface area contributed by atoms with Gasteiger partial charge in [0.05, 0.1) is 19.9 Å². The molecule has 0 atom stereocenters.